The van der Waals surface area contributed by atoms with Crippen molar-refractivity contribution in [3.05, 3.63) is 23.0 Å². The molecular weight excluding hydrogens is 306 g/mol. The summed E-state index contributed by atoms with van der Waals surface area (Å²) in [6, 6.07) is 0. The maximum Gasteiger partial charge on any atom is 0.227 e. The van der Waals surface area contributed by atoms with Crippen molar-refractivity contribution >= 4 is 11.8 Å². The number of pyridine rings is 1. The fourth-order valence-electron chi connectivity index (χ4n) is 3.27. The van der Waals surface area contributed by atoms with Crippen LogP contribution in [0.1, 0.15) is 36.6 Å². The topological polar surface area (TPSA) is 62.7 Å². The zero-order chi connectivity index (χ0) is 17.9. The van der Waals surface area contributed by atoms with E-state index in [0.29, 0.717) is 32.5 Å². The van der Waals surface area contributed by atoms with Crippen molar-refractivity contribution in [2.75, 3.05) is 27.2 Å². The lowest BCUT2D eigenvalue weighted by Gasteiger charge is -2.33. The van der Waals surface area contributed by atoms with Crippen molar-refractivity contribution < 1.29 is 14.3 Å². The number of carbonyl (C=O) groups excluding carboxylic acids is 2. The highest BCUT2D eigenvalue weighted by Gasteiger charge is 2.31. The third kappa shape index (κ3) is 3.68. The average molecular weight is 333 g/mol. The number of nitrogens with zero attached hydrogens (tertiary/aromatic N) is 3. The number of carbonyl (C=O) groups is 2. The van der Waals surface area contributed by atoms with E-state index < -0.39 is 0 Å². The lowest BCUT2D eigenvalue weighted by Crippen LogP contribution is -2.45. The number of ether oxygens (including phenoxy) is 1. The number of amides is 2. The molecule has 1 aromatic rings. The third-order valence-electron chi connectivity index (χ3n) is 4.74. The predicted molar refractivity (Wildman–Crippen MR) is 91.7 cm³/mol. The molecule has 0 bridgehead atoms. The Morgan fingerprint density at radius 1 is 1.46 bits per heavy atom. The van der Waals surface area contributed by atoms with E-state index in [-0.39, 0.29) is 17.7 Å². The molecule has 1 aliphatic rings. The summed E-state index contributed by atoms with van der Waals surface area (Å²) >= 11 is 0. The van der Waals surface area contributed by atoms with Gasteiger partial charge >= 0.3 is 0 Å². The molecule has 1 fully saturated rings. The van der Waals surface area contributed by atoms with E-state index >= 15 is 0 Å². The molecule has 2 amide bonds. The molecule has 6 nitrogen and oxygen atoms in total. The molecule has 6 heteroatoms. The number of aryl methyl sites for hydroxylation is 1. The van der Waals surface area contributed by atoms with Crippen LogP contribution in [0.2, 0.25) is 0 Å². The molecule has 0 N–H and O–H groups in total. The minimum Gasteiger partial charge on any atom is -0.496 e. The summed E-state index contributed by atoms with van der Waals surface area (Å²) in [5.41, 5.74) is 2.79. The van der Waals surface area contributed by atoms with Crippen LogP contribution in [-0.2, 0) is 16.1 Å². The Balaban J connectivity index is 2.08. The first-order valence-corrected chi connectivity index (χ1v) is 8.40. The largest absolute Gasteiger partial charge is 0.496 e. The van der Waals surface area contributed by atoms with Crippen LogP contribution < -0.4 is 4.74 Å². The fourth-order valence-corrected chi connectivity index (χ4v) is 3.27. The van der Waals surface area contributed by atoms with E-state index in [0.717, 1.165) is 22.6 Å². The second-order valence-corrected chi connectivity index (χ2v) is 6.41. The van der Waals surface area contributed by atoms with Gasteiger partial charge in [-0.2, -0.15) is 0 Å². The standard InChI is InChI=1S/C18H27N3O3/c1-6-21-10-14(7-8-16(21)22)18(23)20(4)11-15-13(3)17(24-5)12(2)9-19-15/h9,14H,6-8,10-11H2,1-5H3. The molecule has 0 aliphatic carbocycles. The summed E-state index contributed by atoms with van der Waals surface area (Å²) in [5, 5.41) is 0. The molecule has 0 radical (unpaired) electrons. The lowest BCUT2D eigenvalue weighted by atomic mass is 9.96. The Kier molecular flexibility index (Phi) is 5.80. The van der Waals surface area contributed by atoms with Gasteiger partial charge in [0, 0.05) is 43.9 Å². The zero-order valence-electron chi connectivity index (χ0n) is 15.3. The first-order chi connectivity index (χ1) is 11.4. The molecular formula is C18H27N3O3. The van der Waals surface area contributed by atoms with Gasteiger partial charge in [0.25, 0.3) is 0 Å². The van der Waals surface area contributed by atoms with Crippen LogP contribution in [0.5, 0.6) is 5.75 Å². The van der Waals surface area contributed by atoms with E-state index in [1.807, 2.05) is 20.8 Å². The highest BCUT2D eigenvalue weighted by atomic mass is 16.5. The van der Waals surface area contributed by atoms with Gasteiger partial charge < -0.3 is 14.5 Å². The van der Waals surface area contributed by atoms with Crippen LogP contribution in [0.15, 0.2) is 6.20 Å². The van der Waals surface area contributed by atoms with Crippen LogP contribution in [0, 0.1) is 19.8 Å². The second-order valence-electron chi connectivity index (χ2n) is 6.41. The number of piperidine rings is 1. The summed E-state index contributed by atoms with van der Waals surface area (Å²) in [4.78, 5) is 32.4. The van der Waals surface area contributed by atoms with E-state index in [2.05, 4.69) is 4.98 Å². The number of hydrogen-bond acceptors (Lipinski definition) is 4. The van der Waals surface area contributed by atoms with Crippen LogP contribution in [0.4, 0.5) is 0 Å². The number of likely N-dealkylation sites (tertiary alicyclic amines) is 1. The van der Waals surface area contributed by atoms with Gasteiger partial charge in [0.05, 0.1) is 25.3 Å². The van der Waals surface area contributed by atoms with Crippen molar-refractivity contribution in [2.45, 2.75) is 40.2 Å². The summed E-state index contributed by atoms with van der Waals surface area (Å²) in [7, 11) is 3.44. The first kappa shape index (κ1) is 18.2. The molecule has 24 heavy (non-hydrogen) atoms. The van der Waals surface area contributed by atoms with Crippen molar-refractivity contribution in [1.29, 1.82) is 0 Å². The van der Waals surface area contributed by atoms with E-state index in [4.69, 9.17) is 4.74 Å². The number of hydrogen-bond donors (Lipinski definition) is 0. The van der Waals surface area contributed by atoms with E-state index in [9.17, 15) is 9.59 Å². The van der Waals surface area contributed by atoms with Gasteiger partial charge in [0.2, 0.25) is 11.8 Å². The summed E-state index contributed by atoms with van der Waals surface area (Å²) < 4.78 is 5.43. The molecule has 1 aromatic heterocycles. The van der Waals surface area contributed by atoms with Gasteiger partial charge in [-0.15, -0.1) is 0 Å². The van der Waals surface area contributed by atoms with E-state index in [1.165, 1.54) is 0 Å². The van der Waals surface area contributed by atoms with E-state index in [1.54, 1.807) is 30.2 Å². The molecule has 1 saturated heterocycles. The minimum absolute atomic E-state index is 0.0710. The Hall–Kier alpha value is -2.11. The summed E-state index contributed by atoms with van der Waals surface area (Å²) in [6.45, 7) is 7.48. The van der Waals surface area contributed by atoms with Crippen molar-refractivity contribution in [3.63, 3.8) is 0 Å². The normalized spacial score (nSPS) is 17.8. The summed E-state index contributed by atoms with van der Waals surface area (Å²) in [5.74, 6) is 0.910. The van der Waals surface area contributed by atoms with Gasteiger partial charge in [-0.1, -0.05) is 0 Å². The minimum atomic E-state index is -0.125. The maximum atomic E-state index is 12.7. The van der Waals surface area contributed by atoms with Crippen LogP contribution in [0.25, 0.3) is 0 Å². The highest BCUT2D eigenvalue weighted by molar-refractivity contribution is 5.83. The predicted octanol–water partition coefficient (Wildman–Crippen LogP) is 1.92. The molecule has 0 aromatic carbocycles. The highest BCUT2D eigenvalue weighted by Crippen LogP contribution is 2.25. The second kappa shape index (κ2) is 7.64. The Morgan fingerprint density at radius 2 is 2.17 bits per heavy atom. The molecule has 1 aliphatic heterocycles. The fraction of sp³-hybridized carbons (Fsp3) is 0.611. The van der Waals surface area contributed by atoms with Crippen molar-refractivity contribution in [3.8, 4) is 5.75 Å². The smallest absolute Gasteiger partial charge is 0.227 e. The van der Waals surface area contributed by atoms with Crippen LogP contribution in [-0.4, -0.2) is 53.8 Å². The van der Waals surface area contributed by atoms with Gasteiger partial charge in [-0.3, -0.25) is 14.6 Å². The Labute approximate surface area is 143 Å². The monoisotopic (exact) mass is 333 g/mol. The molecule has 1 atom stereocenters. The maximum absolute atomic E-state index is 12.7. The number of rotatable bonds is 5. The average Bonchev–Trinajstić information content (AvgIpc) is 2.57. The molecule has 1 unspecified atom stereocenters. The van der Waals surface area contributed by atoms with Gasteiger partial charge in [0.15, 0.2) is 0 Å². The molecule has 0 saturated carbocycles. The molecule has 0 spiro atoms. The SMILES string of the molecule is CCN1CC(C(=O)N(C)Cc2ncc(C)c(OC)c2C)CCC1=O. The summed E-state index contributed by atoms with van der Waals surface area (Å²) in [6.07, 6.45) is 2.85. The van der Waals surface area contributed by atoms with Crippen LogP contribution >= 0.6 is 0 Å². The van der Waals surface area contributed by atoms with Gasteiger partial charge in [-0.05, 0) is 27.2 Å². The van der Waals surface area contributed by atoms with Crippen LogP contribution in [0.3, 0.4) is 0 Å². The molecule has 2 heterocycles. The Morgan fingerprint density at radius 3 is 2.79 bits per heavy atom. The zero-order valence-corrected chi connectivity index (χ0v) is 15.3. The van der Waals surface area contributed by atoms with Gasteiger partial charge in [-0.25, -0.2) is 0 Å². The number of methoxy groups -OCH3 is 1. The third-order valence-corrected chi connectivity index (χ3v) is 4.74. The Bertz CT molecular complexity index is 630. The molecule has 2 rings (SSSR count). The van der Waals surface area contributed by atoms with Gasteiger partial charge in [0.1, 0.15) is 5.75 Å². The first-order valence-electron chi connectivity index (χ1n) is 8.40. The lowest BCUT2D eigenvalue weighted by molar-refractivity contribution is -0.142. The number of aromatic nitrogens is 1. The van der Waals surface area contributed by atoms with Crippen molar-refractivity contribution in [1.82, 2.24) is 14.8 Å². The quantitative estimate of drug-likeness (QED) is 0.826. The van der Waals surface area contributed by atoms with Crippen molar-refractivity contribution in [2.24, 2.45) is 5.92 Å². The molecule has 132 valence electrons.